The lowest BCUT2D eigenvalue weighted by Crippen LogP contribution is -2.35. The molecule has 1 heterocycles. The molecule has 1 amide bonds. The molecule has 0 aromatic rings. The topological polar surface area (TPSA) is 46.6 Å². The number of nitrogens with zero attached hydrogens (tertiary/aromatic N) is 1. The fraction of sp³-hybridized carbons (Fsp3) is 0.833. The van der Waals surface area contributed by atoms with E-state index in [9.17, 15) is 9.59 Å². The lowest BCUT2D eigenvalue weighted by Gasteiger charge is -2.24. The Morgan fingerprint density at radius 2 is 1.81 bits per heavy atom. The molecular formula is C12H21NO3. The zero-order chi connectivity index (χ0) is 12.5. The summed E-state index contributed by atoms with van der Waals surface area (Å²) < 4.78 is 5.27. The zero-order valence-electron chi connectivity index (χ0n) is 10.7. The van der Waals surface area contributed by atoms with Crippen molar-refractivity contribution in [3.05, 3.63) is 0 Å². The average Bonchev–Trinajstić information content (AvgIpc) is 2.44. The van der Waals surface area contributed by atoms with Crippen LogP contribution in [0.5, 0.6) is 0 Å². The fourth-order valence-corrected chi connectivity index (χ4v) is 1.97. The first-order valence-electron chi connectivity index (χ1n) is 5.69. The van der Waals surface area contributed by atoms with Crippen LogP contribution < -0.4 is 0 Å². The van der Waals surface area contributed by atoms with Crippen molar-refractivity contribution in [2.75, 3.05) is 13.1 Å². The standard InChI is InChI=1S/C12H21NO3/c1-8-6-13(7-10(8)9(2)14)11(15)16-12(3,4)5/h8,10H,6-7H2,1-5H3/t8?,10-/m1/s1. The zero-order valence-corrected chi connectivity index (χ0v) is 10.7. The Kier molecular flexibility index (Phi) is 3.61. The van der Waals surface area contributed by atoms with Crippen molar-refractivity contribution in [2.24, 2.45) is 11.8 Å². The molecule has 1 unspecified atom stereocenters. The Morgan fingerprint density at radius 1 is 1.25 bits per heavy atom. The van der Waals surface area contributed by atoms with Gasteiger partial charge < -0.3 is 9.64 Å². The lowest BCUT2D eigenvalue weighted by molar-refractivity contribution is -0.121. The van der Waals surface area contributed by atoms with Gasteiger partial charge in [-0.25, -0.2) is 4.79 Å². The van der Waals surface area contributed by atoms with Crippen molar-refractivity contribution in [1.82, 2.24) is 4.90 Å². The Labute approximate surface area is 96.9 Å². The molecule has 0 bridgehead atoms. The average molecular weight is 227 g/mol. The van der Waals surface area contributed by atoms with Crippen LogP contribution in [-0.4, -0.2) is 35.5 Å². The summed E-state index contributed by atoms with van der Waals surface area (Å²) in [5, 5.41) is 0. The minimum atomic E-state index is -0.478. The first-order chi connectivity index (χ1) is 7.20. The molecule has 2 atom stereocenters. The second-order valence-electron chi connectivity index (χ2n) is 5.58. The number of likely N-dealkylation sites (tertiary alicyclic amines) is 1. The van der Waals surface area contributed by atoms with E-state index in [-0.39, 0.29) is 23.7 Å². The van der Waals surface area contributed by atoms with Gasteiger partial charge in [-0.05, 0) is 33.6 Å². The van der Waals surface area contributed by atoms with Gasteiger partial charge in [-0.3, -0.25) is 4.79 Å². The molecule has 1 rings (SSSR count). The van der Waals surface area contributed by atoms with E-state index in [1.165, 1.54) is 0 Å². The van der Waals surface area contributed by atoms with Gasteiger partial charge in [0, 0.05) is 19.0 Å². The Balaban J connectivity index is 2.58. The molecule has 0 N–H and O–H groups in total. The summed E-state index contributed by atoms with van der Waals surface area (Å²) in [5.41, 5.74) is -0.478. The van der Waals surface area contributed by atoms with Crippen molar-refractivity contribution < 1.29 is 14.3 Å². The molecule has 92 valence electrons. The molecule has 1 fully saturated rings. The number of ether oxygens (including phenoxy) is 1. The largest absolute Gasteiger partial charge is 0.444 e. The van der Waals surface area contributed by atoms with Gasteiger partial charge in [-0.2, -0.15) is 0 Å². The number of rotatable bonds is 1. The van der Waals surface area contributed by atoms with E-state index in [0.29, 0.717) is 13.1 Å². The van der Waals surface area contributed by atoms with E-state index < -0.39 is 5.60 Å². The molecule has 16 heavy (non-hydrogen) atoms. The van der Waals surface area contributed by atoms with Gasteiger partial charge >= 0.3 is 6.09 Å². The number of amides is 1. The van der Waals surface area contributed by atoms with E-state index in [1.807, 2.05) is 27.7 Å². The Bertz CT molecular complexity index is 293. The van der Waals surface area contributed by atoms with Crippen molar-refractivity contribution >= 4 is 11.9 Å². The smallest absolute Gasteiger partial charge is 0.410 e. The Morgan fingerprint density at radius 3 is 2.19 bits per heavy atom. The summed E-state index contributed by atoms with van der Waals surface area (Å²) in [4.78, 5) is 24.7. The van der Waals surface area contributed by atoms with Crippen LogP contribution in [0.2, 0.25) is 0 Å². The minimum absolute atomic E-state index is 0.0347. The minimum Gasteiger partial charge on any atom is -0.444 e. The third-order valence-corrected chi connectivity index (χ3v) is 2.79. The molecule has 4 nitrogen and oxygen atoms in total. The maximum atomic E-state index is 11.8. The molecule has 0 radical (unpaired) electrons. The lowest BCUT2D eigenvalue weighted by atomic mass is 9.95. The molecule has 4 heteroatoms. The van der Waals surface area contributed by atoms with Crippen LogP contribution in [0.4, 0.5) is 4.79 Å². The van der Waals surface area contributed by atoms with Crippen molar-refractivity contribution in [2.45, 2.75) is 40.2 Å². The Hall–Kier alpha value is -1.06. The summed E-state index contributed by atoms with van der Waals surface area (Å²) in [6, 6.07) is 0. The van der Waals surface area contributed by atoms with Gasteiger partial charge in [0.15, 0.2) is 0 Å². The van der Waals surface area contributed by atoms with Crippen LogP contribution in [-0.2, 0) is 9.53 Å². The number of hydrogen-bond acceptors (Lipinski definition) is 3. The number of carbonyl (C=O) groups is 2. The normalized spacial score (nSPS) is 25.7. The van der Waals surface area contributed by atoms with Crippen molar-refractivity contribution in [1.29, 1.82) is 0 Å². The van der Waals surface area contributed by atoms with Gasteiger partial charge in [0.05, 0.1) is 0 Å². The van der Waals surface area contributed by atoms with Gasteiger partial charge in [-0.15, -0.1) is 0 Å². The van der Waals surface area contributed by atoms with Gasteiger partial charge in [0.1, 0.15) is 11.4 Å². The second kappa shape index (κ2) is 4.44. The van der Waals surface area contributed by atoms with E-state index >= 15 is 0 Å². The molecular weight excluding hydrogens is 206 g/mol. The highest BCUT2D eigenvalue weighted by Crippen LogP contribution is 2.25. The third-order valence-electron chi connectivity index (χ3n) is 2.79. The number of carbonyl (C=O) groups excluding carboxylic acids is 2. The summed E-state index contributed by atoms with van der Waals surface area (Å²) in [6.07, 6.45) is -0.317. The maximum absolute atomic E-state index is 11.8. The van der Waals surface area contributed by atoms with Crippen LogP contribution in [0.25, 0.3) is 0 Å². The SMILES string of the molecule is CC(=O)[C@@H]1CN(C(=O)OC(C)(C)C)CC1C. The molecule has 0 saturated carbocycles. The monoisotopic (exact) mass is 227 g/mol. The highest BCUT2D eigenvalue weighted by atomic mass is 16.6. The van der Waals surface area contributed by atoms with Gasteiger partial charge in [0.25, 0.3) is 0 Å². The molecule has 1 saturated heterocycles. The van der Waals surface area contributed by atoms with Gasteiger partial charge in [-0.1, -0.05) is 6.92 Å². The number of ketones is 1. The fourth-order valence-electron chi connectivity index (χ4n) is 1.97. The predicted molar refractivity (Wildman–Crippen MR) is 61.1 cm³/mol. The third kappa shape index (κ3) is 3.22. The molecule has 0 aliphatic carbocycles. The summed E-state index contributed by atoms with van der Waals surface area (Å²) in [5.74, 6) is 0.344. The first-order valence-corrected chi connectivity index (χ1v) is 5.69. The molecule has 0 spiro atoms. The van der Waals surface area contributed by atoms with E-state index in [2.05, 4.69) is 0 Å². The quantitative estimate of drug-likeness (QED) is 0.689. The van der Waals surface area contributed by atoms with Gasteiger partial charge in [0.2, 0.25) is 0 Å². The van der Waals surface area contributed by atoms with Crippen LogP contribution >= 0.6 is 0 Å². The molecule has 0 aromatic heterocycles. The van der Waals surface area contributed by atoms with E-state index in [1.54, 1.807) is 11.8 Å². The van der Waals surface area contributed by atoms with Crippen LogP contribution in [0.3, 0.4) is 0 Å². The highest BCUT2D eigenvalue weighted by molar-refractivity contribution is 5.80. The predicted octanol–water partition coefficient (Wildman–Crippen LogP) is 2.08. The van der Waals surface area contributed by atoms with Crippen LogP contribution in [0.1, 0.15) is 34.6 Å². The number of hydrogen-bond donors (Lipinski definition) is 0. The van der Waals surface area contributed by atoms with E-state index in [0.717, 1.165) is 0 Å². The number of Topliss-reactive ketones (excluding diaryl/α,β-unsaturated/α-hetero) is 1. The van der Waals surface area contributed by atoms with Crippen molar-refractivity contribution in [3.8, 4) is 0 Å². The van der Waals surface area contributed by atoms with E-state index in [4.69, 9.17) is 4.74 Å². The molecule has 0 aromatic carbocycles. The van der Waals surface area contributed by atoms with Crippen LogP contribution in [0, 0.1) is 11.8 Å². The summed E-state index contributed by atoms with van der Waals surface area (Å²) in [6.45, 7) is 10.2. The highest BCUT2D eigenvalue weighted by Gasteiger charge is 2.36. The van der Waals surface area contributed by atoms with Crippen molar-refractivity contribution in [3.63, 3.8) is 0 Å². The summed E-state index contributed by atoms with van der Waals surface area (Å²) >= 11 is 0. The molecule has 1 aliphatic heterocycles. The second-order valence-corrected chi connectivity index (χ2v) is 5.58. The summed E-state index contributed by atoms with van der Waals surface area (Å²) in [7, 11) is 0. The van der Waals surface area contributed by atoms with Crippen LogP contribution in [0.15, 0.2) is 0 Å². The first kappa shape index (κ1) is 13.0. The maximum Gasteiger partial charge on any atom is 0.410 e. The molecule has 1 aliphatic rings.